The van der Waals surface area contributed by atoms with Gasteiger partial charge in [-0.15, -0.1) is 10.2 Å². The first-order valence-electron chi connectivity index (χ1n) is 7.00. The molecule has 0 unspecified atom stereocenters. The average molecular weight is 347 g/mol. The summed E-state index contributed by atoms with van der Waals surface area (Å²) in [5, 5.41) is 23.6. The first-order valence-corrected chi connectivity index (χ1v) is 7.98. The number of nitrogens with two attached hydrogens (primary N) is 1. The zero-order valence-corrected chi connectivity index (χ0v) is 13.2. The molecule has 0 amide bonds. The van der Waals surface area contributed by atoms with Gasteiger partial charge in [0.2, 0.25) is 5.16 Å². The number of thioether (sulfide) groups is 1. The van der Waals surface area contributed by atoms with Crippen LogP contribution in [0.3, 0.4) is 0 Å². The van der Waals surface area contributed by atoms with Crippen LogP contribution in [0.1, 0.15) is 11.3 Å². The lowest BCUT2D eigenvalue weighted by Crippen LogP contribution is -2.19. The van der Waals surface area contributed by atoms with Gasteiger partial charge in [0, 0.05) is 30.3 Å². The molecule has 3 rings (SSSR count). The predicted molar refractivity (Wildman–Crippen MR) is 87.1 cm³/mol. The SMILES string of the molecule is NCCSc1nnc2[nH]c(=O)c(Cc3ccccc3[N+](=O)[O-])nn12. The molecule has 2 heterocycles. The summed E-state index contributed by atoms with van der Waals surface area (Å²) in [6.07, 6.45) is 0.0294. The number of aromatic nitrogens is 5. The smallest absolute Gasteiger partial charge is 0.274 e. The Hall–Kier alpha value is -2.79. The molecule has 0 saturated heterocycles. The van der Waals surface area contributed by atoms with Gasteiger partial charge in [-0.05, 0) is 0 Å². The number of aromatic amines is 1. The maximum absolute atomic E-state index is 12.1. The van der Waals surface area contributed by atoms with Crippen molar-refractivity contribution >= 4 is 23.2 Å². The molecule has 0 atom stereocenters. The highest BCUT2D eigenvalue weighted by molar-refractivity contribution is 7.99. The molecule has 11 heteroatoms. The molecule has 24 heavy (non-hydrogen) atoms. The summed E-state index contributed by atoms with van der Waals surface area (Å²) in [5.74, 6) is 0.840. The third kappa shape index (κ3) is 3.12. The molecule has 0 saturated carbocycles. The van der Waals surface area contributed by atoms with E-state index in [9.17, 15) is 14.9 Å². The number of hydrogen-bond acceptors (Lipinski definition) is 8. The van der Waals surface area contributed by atoms with Crippen molar-refractivity contribution in [2.24, 2.45) is 5.73 Å². The summed E-state index contributed by atoms with van der Waals surface area (Å²) in [5.41, 5.74) is 5.51. The zero-order valence-electron chi connectivity index (χ0n) is 12.4. The van der Waals surface area contributed by atoms with E-state index in [-0.39, 0.29) is 23.6 Å². The van der Waals surface area contributed by atoms with Crippen molar-refractivity contribution in [3.05, 3.63) is 56.0 Å². The molecule has 0 fully saturated rings. The van der Waals surface area contributed by atoms with Crippen LogP contribution in [0.4, 0.5) is 5.69 Å². The van der Waals surface area contributed by atoms with Crippen LogP contribution in [0, 0.1) is 10.1 Å². The number of rotatable bonds is 6. The highest BCUT2D eigenvalue weighted by Crippen LogP contribution is 2.20. The van der Waals surface area contributed by atoms with Crippen LogP contribution < -0.4 is 11.3 Å². The van der Waals surface area contributed by atoms with Crippen LogP contribution in [0.5, 0.6) is 0 Å². The molecular weight excluding hydrogens is 334 g/mol. The standard InChI is InChI=1S/C13H13N7O3S/c14-5-6-24-13-17-16-12-15-11(21)9(18-19(12)13)7-8-3-1-2-4-10(8)20(22)23/h1-4H,5-7,14H2,(H,15,16,21). The highest BCUT2D eigenvalue weighted by Gasteiger charge is 2.17. The van der Waals surface area contributed by atoms with Crippen molar-refractivity contribution < 1.29 is 4.92 Å². The molecule has 0 radical (unpaired) electrons. The minimum atomic E-state index is -0.483. The van der Waals surface area contributed by atoms with E-state index in [0.29, 0.717) is 23.0 Å². The number of nitrogens with zero attached hydrogens (tertiary/aromatic N) is 5. The third-order valence-corrected chi connectivity index (χ3v) is 4.17. The van der Waals surface area contributed by atoms with E-state index in [1.54, 1.807) is 18.2 Å². The number of nitrogens with one attached hydrogen (secondary N) is 1. The first-order chi connectivity index (χ1) is 11.6. The van der Waals surface area contributed by atoms with Gasteiger partial charge < -0.3 is 5.73 Å². The van der Waals surface area contributed by atoms with Gasteiger partial charge in [-0.25, -0.2) is 0 Å². The Kier molecular flexibility index (Phi) is 4.53. The number of para-hydroxylation sites is 1. The Labute approximate surface area is 139 Å². The van der Waals surface area contributed by atoms with Crippen molar-refractivity contribution in [1.29, 1.82) is 0 Å². The Balaban J connectivity index is 2.02. The normalized spacial score (nSPS) is 11.0. The average Bonchev–Trinajstić information content (AvgIpc) is 2.95. The topological polar surface area (TPSA) is 145 Å². The van der Waals surface area contributed by atoms with Crippen molar-refractivity contribution in [2.75, 3.05) is 12.3 Å². The van der Waals surface area contributed by atoms with Crippen LogP contribution in [0.15, 0.2) is 34.2 Å². The summed E-state index contributed by atoms with van der Waals surface area (Å²) in [6.45, 7) is 0.464. The fourth-order valence-electron chi connectivity index (χ4n) is 2.15. The molecule has 124 valence electrons. The van der Waals surface area contributed by atoms with Gasteiger partial charge in [0.15, 0.2) is 0 Å². The molecule has 0 aliphatic heterocycles. The highest BCUT2D eigenvalue weighted by atomic mass is 32.2. The van der Waals surface area contributed by atoms with Gasteiger partial charge in [0.25, 0.3) is 17.0 Å². The fraction of sp³-hybridized carbons (Fsp3) is 0.231. The quantitative estimate of drug-likeness (QED) is 0.369. The van der Waals surface area contributed by atoms with E-state index in [0.717, 1.165) is 0 Å². The Bertz CT molecular complexity index is 952. The Morgan fingerprint density at radius 2 is 2.12 bits per heavy atom. The number of hydrogen-bond donors (Lipinski definition) is 2. The Morgan fingerprint density at radius 1 is 1.33 bits per heavy atom. The van der Waals surface area contributed by atoms with Crippen molar-refractivity contribution in [3.8, 4) is 0 Å². The number of nitro groups is 1. The molecule has 10 nitrogen and oxygen atoms in total. The van der Waals surface area contributed by atoms with Gasteiger partial charge in [-0.1, -0.05) is 30.0 Å². The summed E-state index contributed by atoms with van der Waals surface area (Å²) >= 11 is 1.36. The van der Waals surface area contributed by atoms with E-state index in [1.165, 1.54) is 22.3 Å². The maximum atomic E-state index is 12.1. The van der Waals surface area contributed by atoms with Gasteiger partial charge in [-0.2, -0.15) is 9.61 Å². The molecule has 2 aromatic heterocycles. The fourth-order valence-corrected chi connectivity index (χ4v) is 2.80. The van der Waals surface area contributed by atoms with Crippen molar-refractivity contribution in [1.82, 2.24) is 24.8 Å². The van der Waals surface area contributed by atoms with Gasteiger partial charge in [0.05, 0.1) is 4.92 Å². The predicted octanol–water partition coefficient (Wildman–Crippen LogP) is 0.362. The largest absolute Gasteiger partial charge is 0.330 e. The van der Waals surface area contributed by atoms with E-state index in [2.05, 4.69) is 20.3 Å². The van der Waals surface area contributed by atoms with Crippen LogP contribution in [-0.4, -0.2) is 42.0 Å². The van der Waals surface area contributed by atoms with Gasteiger partial charge in [0.1, 0.15) is 5.69 Å². The van der Waals surface area contributed by atoms with E-state index < -0.39 is 10.5 Å². The lowest BCUT2D eigenvalue weighted by Gasteiger charge is -2.03. The van der Waals surface area contributed by atoms with Crippen LogP contribution >= 0.6 is 11.8 Å². The van der Waals surface area contributed by atoms with Crippen LogP contribution in [-0.2, 0) is 6.42 Å². The molecule has 1 aromatic carbocycles. The minimum Gasteiger partial charge on any atom is -0.330 e. The van der Waals surface area contributed by atoms with E-state index in [4.69, 9.17) is 5.73 Å². The van der Waals surface area contributed by atoms with E-state index >= 15 is 0 Å². The number of H-pyrrole nitrogens is 1. The summed E-state index contributed by atoms with van der Waals surface area (Å²) in [7, 11) is 0. The lowest BCUT2D eigenvalue weighted by atomic mass is 10.1. The molecule has 3 aromatic rings. The number of fused-ring (bicyclic) bond motifs is 1. The molecule has 0 bridgehead atoms. The first kappa shape index (κ1) is 16.1. The summed E-state index contributed by atoms with van der Waals surface area (Å²) in [4.78, 5) is 25.3. The molecule has 0 spiro atoms. The Morgan fingerprint density at radius 3 is 2.88 bits per heavy atom. The second kappa shape index (κ2) is 6.76. The lowest BCUT2D eigenvalue weighted by molar-refractivity contribution is -0.385. The second-order valence-electron chi connectivity index (χ2n) is 4.82. The summed E-state index contributed by atoms with van der Waals surface area (Å²) in [6, 6.07) is 6.24. The number of benzene rings is 1. The molecule has 0 aliphatic rings. The third-order valence-electron chi connectivity index (χ3n) is 3.22. The monoisotopic (exact) mass is 347 g/mol. The molecule has 3 N–H and O–H groups in total. The molecule has 0 aliphatic carbocycles. The van der Waals surface area contributed by atoms with Gasteiger partial charge >= 0.3 is 0 Å². The zero-order chi connectivity index (χ0) is 17.1. The number of nitro benzene ring substituents is 1. The second-order valence-corrected chi connectivity index (χ2v) is 5.88. The minimum absolute atomic E-state index is 0.0294. The molecular formula is C13H13N7O3S. The maximum Gasteiger partial charge on any atom is 0.274 e. The van der Waals surface area contributed by atoms with Gasteiger partial charge in [-0.3, -0.25) is 19.9 Å². The van der Waals surface area contributed by atoms with E-state index in [1.807, 2.05) is 0 Å². The van der Waals surface area contributed by atoms with Crippen LogP contribution in [0.25, 0.3) is 5.78 Å². The van der Waals surface area contributed by atoms with Crippen LogP contribution in [0.2, 0.25) is 0 Å². The van der Waals surface area contributed by atoms with Crippen molar-refractivity contribution in [3.63, 3.8) is 0 Å². The summed E-state index contributed by atoms with van der Waals surface area (Å²) < 4.78 is 1.41. The van der Waals surface area contributed by atoms with Crippen molar-refractivity contribution in [2.45, 2.75) is 11.6 Å².